The first kappa shape index (κ1) is 17.3. The van der Waals surface area contributed by atoms with E-state index in [4.69, 9.17) is 5.11 Å². The Morgan fingerprint density at radius 3 is 2.21 bits per heavy atom. The molecule has 4 atom stereocenters. The highest BCUT2D eigenvalue weighted by atomic mass is 16.6. The summed E-state index contributed by atoms with van der Waals surface area (Å²) in [5, 5.41) is 55.6. The van der Waals surface area contributed by atoms with Crippen LogP contribution in [0, 0.1) is 0 Å². The Labute approximate surface area is 132 Å². The Morgan fingerprint density at radius 2 is 1.71 bits per heavy atom. The van der Waals surface area contributed by atoms with Crippen LogP contribution >= 0.6 is 0 Å². The van der Waals surface area contributed by atoms with E-state index in [1.807, 2.05) is 0 Å². The van der Waals surface area contributed by atoms with Gasteiger partial charge >= 0.3 is 17.9 Å². The van der Waals surface area contributed by atoms with E-state index in [1.165, 1.54) is 0 Å². The Balaban J connectivity index is 2.17. The van der Waals surface area contributed by atoms with Crippen LogP contribution in [0.5, 0.6) is 17.2 Å². The summed E-state index contributed by atoms with van der Waals surface area (Å²) in [6.45, 7) is 0. The van der Waals surface area contributed by atoms with Crippen LogP contribution in [0.25, 0.3) is 0 Å². The van der Waals surface area contributed by atoms with Gasteiger partial charge in [0.2, 0.25) is 6.10 Å². The van der Waals surface area contributed by atoms with Gasteiger partial charge in [0.15, 0.2) is 29.5 Å². The standard InChI is InChI=1S/C13H12O11/c14-4-1-3(2-5(15)6(4)16)12(21)24-10-7(17)9(23-13(10)22)8(18)11(19)20/h1-2,7-10,14-18H,(H,19,20)/t7-,8-,9-,10+/m1/s1. The van der Waals surface area contributed by atoms with Gasteiger partial charge in [-0.25, -0.2) is 14.4 Å². The highest BCUT2D eigenvalue weighted by Gasteiger charge is 2.51. The van der Waals surface area contributed by atoms with Crippen LogP contribution in [0.15, 0.2) is 12.1 Å². The van der Waals surface area contributed by atoms with E-state index < -0.39 is 65.1 Å². The average Bonchev–Trinajstić information content (AvgIpc) is 2.79. The minimum Gasteiger partial charge on any atom is -0.504 e. The van der Waals surface area contributed by atoms with Crippen molar-refractivity contribution in [1.29, 1.82) is 0 Å². The number of carbonyl (C=O) groups excluding carboxylic acids is 2. The summed E-state index contributed by atoms with van der Waals surface area (Å²) in [5.41, 5.74) is -0.468. The molecule has 6 N–H and O–H groups in total. The highest BCUT2D eigenvalue weighted by Crippen LogP contribution is 2.35. The largest absolute Gasteiger partial charge is 0.504 e. The lowest BCUT2D eigenvalue weighted by Gasteiger charge is -2.17. The number of cyclic esters (lactones) is 1. The van der Waals surface area contributed by atoms with Crippen molar-refractivity contribution in [2.75, 3.05) is 0 Å². The van der Waals surface area contributed by atoms with Crippen LogP contribution in [0.2, 0.25) is 0 Å². The van der Waals surface area contributed by atoms with E-state index in [-0.39, 0.29) is 0 Å². The summed E-state index contributed by atoms with van der Waals surface area (Å²) >= 11 is 0. The van der Waals surface area contributed by atoms with Crippen molar-refractivity contribution >= 4 is 17.9 Å². The van der Waals surface area contributed by atoms with Gasteiger partial charge in [-0.1, -0.05) is 0 Å². The molecule has 1 aromatic rings. The number of aliphatic hydroxyl groups is 2. The lowest BCUT2D eigenvalue weighted by atomic mass is 10.1. The molecule has 11 heteroatoms. The third-order valence-corrected chi connectivity index (χ3v) is 3.23. The number of carboxylic acid groups (broad SMARTS) is 1. The maximum atomic E-state index is 11.9. The normalized spacial score (nSPS) is 24.2. The zero-order valence-corrected chi connectivity index (χ0v) is 11.7. The van der Waals surface area contributed by atoms with E-state index in [0.29, 0.717) is 0 Å². The van der Waals surface area contributed by atoms with Crippen LogP contribution in [0.4, 0.5) is 0 Å². The zero-order valence-electron chi connectivity index (χ0n) is 11.7. The lowest BCUT2D eigenvalue weighted by Crippen LogP contribution is -2.43. The van der Waals surface area contributed by atoms with Crippen molar-refractivity contribution in [3.05, 3.63) is 17.7 Å². The quantitative estimate of drug-likeness (QED) is 0.263. The summed E-state index contributed by atoms with van der Waals surface area (Å²) in [5.74, 6) is -6.88. The SMILES string of the molecule is O=C(O[C@@H]1C(=O)O[C@@H]([C@@H](O)C(=O)O)[C@H]1O)c1cc(O)c(O)c(O)c1. The monoisotopic (exact) mass is 344 g/mol. The molecule has 0 bridgehead atoms. The summed E-state index contributed by atoms with van der Waals surface area (Å²) < 4.78 is 9.14. The molecular formula is C13H12O11. The van der Waals surface area contributed by atoms with Crippen molar-refractivity contribution in [1.82, 2.24) is 0 Å². The minimum absolute atomic E-state index is 0.468. The number of phenols is 3. The van der Waals surface area contributed by atoms with Crippen molar-refractivity contribution in [3.8, 4) is 17.2 Å². The van der Waals surface area contributed by atoms with E-state index in [9.17, 15) is 39.9 Å². The first-order chi connectivity index (χ1) is 11.1. The van der Waals surface area contributed by atoms with Crippen molar-refractivity contribution < 1.29 is 54.5 Å². The maximum absolute atomic E-state index is 11.9. The second-order valence-electron chi connectivity index (χ2n) is 4.86. The minimum atomic E-state index is -2.23. The number of rotatable bonds is 4. The molecule has 11 nitrogen and oxygen atoms in total. The number of aliphatic carboxylic acids is 1. The molecule has 0 saturated carbocycles. The smallest absolute Gasteiger partial charge is 0.350 e. The molecule has 1 saturated heterocycles. The Kier molecular flexibility index (Phi) is 4.48. The molecule has 2 rings (SSSR count). The number of aliphatic hydroxyl groups excluding tert-OH is 2. The fraction of sp³-hybridized carbons (Fsp3) is 0.308. The topological polar surface area (TPSA) is 191 Å². The molecule has 1 aromatic carbocycles. The maximum Gasteiger partial charge on any atom is 0.350 e. The Bertz CT molecular complexity index is 674. The number of aromatic hydroxyl groups is 3. The van der Waals surface area contributed by atoms with E-state index in [0.717, 1.165) is 12.1 Å². The summed E-state index contributed by atoms with van der Waals surface area (Å²) in [4.78, 5) is 34.1. The molecule has 24 heavy (non-hydrogen) atoms. The Morgan fingerprint density at radius 1 is 1.17 bits per heavy atom. The molecular weight excluding hydrogens is 332 g/mol. The van der Waals surface area contributed by atoms with Gasteiger partial charge < -0.3 is 40.1 Å². The van der Waals surface area contributed by atoms with E-state index >= 15 is 0 Å². The third-order valence-electron chi connectivity index (χ3n) is 3.23. The van der Waals surface area contributed by atoms with Crippen molar-refractivity contribution in [3.63, 3.8) is 0 Å². The number of carboxylic acids is 1. The van der Waals surface area contributed by atoms with Crippen LogP contribution in [-0.2, 0) is 19.1 Å². The van der Waals surface area contributed by atoms with Crippen LogP contribution in [-0.4, -0.2) is 73.0 Å². The summed E-state index contributed by atoms with van der Waals surface area (Å²) in [6.07, 6.45) is -7.94. The predicted octanol–water partition coefficient (Wildman–Crippen LogP) is -1.94. The van der Waals surface area contributed by atoms with E-state index in [1.54, 1.807) is 0 Å². The number of ether oxygens (including phenoxy) is 2. The molecule has 0 amide bonds. The fourth-order valence-corrected chi connectivity index (χ4v) is 2.00. The molecule has 0 radical (unpaired) electrons. The number of hydrogen-bond acceptors (Lipinski definition) is 10. The third kappa shape index (κ3) is 3.02. The Hall–Kier alpha value is -3.05. The van der Waals surface area contributed by atoms with Gasteiger partial charge in [0.05, 0.1) is 5.56 Å². The number of esters is 2. The summed E-state index contributed by atoms with van der Waals surface area (Å²) in [6, 6.07) is 1.46. The van der Waals surface area contributed by atoms with Crippen LogP contribution in [0.3, 0.4) is 0 Å². The molecule has 0 spiro atoms. The van der Waals surface area contributed by atoms with E-state index in [2.05, 4.69) is 9.47 Å². The predicted molar refractivity (Wildman–Crippen MR) is 70.2 cm³/mol. The van der Waals surface area contributed by atoms with Gasteiger partial charge in [-0.3, -0.25) is 0 Å². The van der Waals surface area contributed by atoms with Gasteiger partial charge in [0, 0.05) is 0 Å². The number of hydrogen-bond donors (Lipinski definition) is 6. The second-order valence-corrected chi connectivity index (χ2v) is 4.86. The first-order valence-electron chi connectivity index (χ1n) is 6.38. The van der Waals surface area contributed by atoms with Gasteiger partial charge in [0.25, 0.3) is 0 Å². The van der Waals surface area contributed by atoms with Crippen molar-refractivity contribution in [2.24, 2.45) is 0 Å². The molecule has 1 aliphatic heterocycles. The van der Waals surface area contributed by atoms with Gasteiger partial charge in [0.1, 0.15) is 6.10 Å². The molecule has 1 fully saturated rings. The highest BCUT2D eigenvalue weighted by molar-refractivity contribution is 5.93. The molecule has 0 aromatic heterocycles. The van der Waals surface area contributed by atoms with Gasteiger partial charge in [-0.2, -0.15) is 0 Å². The number of phenolic OH excluding ortho intramolecular Hbond substituents is 3. The van der Waals surface area contributed by atoms with Crippen LogP contribution in [0.1, 0.15) is 10.4 Å². The van der Waals surface area contributed by atoms with Crippen LogP contribution < -0.4 is 0 Å². The van der Waals surface area contributed by atoms with Gasteiger partial charge in [-0.05, 0) is 12.1 Å². The molecule has 0 unspecified atom stereocenters. The average molecular weight is 344 g/mol. The van der Waals surface area contributed by atoms with Gasteiger partial charge in [-0.15, -0.1) is 0 Å². The summed E-state index contributed by atoms with van der Waals surface area (Å²) in [7, 11) is 0. The molecule has 0 aliphatic carbocycles. The zero-order chi connectivity index (χ0) is 18.2. The first-order valence-corrected chi connectivity index (χ1v) is 6.38. The molecule has 1 aliphatic rings. The number of benzene rings is 1. The second kappa shape index (κ2) is 6.22. The molecule has 1 heterocycles. The fourth-order valence-electron chi connectivity index (χ4n) is 2.00. The molecule has 130 valence electrons. The lowest BCUT2D eigenvalue weighted by molar-refractivity contribution is -0.161. The van der Waals surface area contributed by atoms with Crippen molar-refractivity contribution in [2.45, 2.75) is 24.4 Å². The number of carbonyl (C=O) groups is 3.